The van der Waals surface area contributed by atoms with Crippen LogP contribution in [-0.4, -0.2) is 42.1 Å². The molecule has 92 valence electrons. The highest BCUT2D eigenvalue weighted by molar-refractivity contribution is 5.94. The molecular weight excluding hydrogens is 208 g/mol. The highest BCUT2D eigenvalue weighted by Crippen LogP contribution is 2.12. The Balaban J connectivity index is 2.52. The predicted molar refractivity (Wildman–Crippen MR) is 60.0 cm³/mol. The fourth-order valence-electron chi connectivity index (χ4n) is 1.55. The third-order valence-corrected chi connectivity index (χ3v) is 2.36. The van der Waals surface area contributed by atoms with Gasteiger partial charge in [0.1, 0.15) is 5.60 Å². The summed E-state index contributed by atoms with van der Waals surface area (Å²) in [6, 6.07) is -0.238. The molecule has 1 aliphatic heterocycles. The smallest absolute Gasteiger partial charge is 0.416 e. The van der Waals surface area contributed by atoms with Crippen LogP contribution in [0.3, 0.4) is 0 Å². The molecule has 1 rings (SSSR count). The number of nitrogens with one attached hydrogen (secondary N) is 1. The molecule has 0 aromatic heterocycles. The van der Waals surface area contributed by atoms with Crippen molar-refractivity contribution in [3.63, 3.8) is 0 Å². The van der Waals surface area contributed by atoms with Crippen molar-refractivity contribution in [1.82, 2.24) is 10.2 Å². The number of rotatable bonds is 1. The molecule has 0 aliphatic carbocycles. The van der Waals surface area contributed by atoms with Gasteiger partial charge >= 0.3 is 6.09 Å². The zero-order valence-corrected chi connectivity index (χ0v) is 10.4. The summed E-state index contributed by atoms with van der Waals surface area (Å²) in [5.41, 5.74) is -0.575. The number of hydrogen-bond acceptors (Lipinski definition) is 4. The summed E-state index contributed by atoms with van der Waals surface area (Å²) in [5, 5.41) is 3.06. The fourth-order valence-corrected chi connectivity index (χ4v) is 1.55. The number of hydrogen-bond donors (Lipinski definition) is 1. The van der Waals surface area contributed by atoms with Crippen molar-refractivity contribution in [2.45, 2.75) is 45.3 Å². The Morgan fingerprint density at radius 3 is 2.44 bits per heavy atom. The van der Waals surface area contributed by atoms with E-state index in [9.17, 15) is 9.59 Å². The van der Waals surface area contributed by atoms with Gasteiger partial charge in [-0.25, -0.2) is 9.69 Å². The molecule has 5 heteroatoms. The number of nitrogens with zero attached hydrogens (tertiary/aromatic N) is 1. The Morgan fingerprint density at radius 2 is 2.00 bits per heavy atom. The lowest BCUT2D eigenvalue weighted by atomic mass is 10.2. The molecule has 1 saturated heterocycles. The standard InChI is InChI=1S/C11H20N2O3/c1-11(2,3)16-10(15)13(4)9(14)8-6-5-7-12-8/h8,12H,5-7H2,1-4H3. The Bertz CT molecular complexity index is 277. The van der Waals surface area contributed by atoms with Crippen LogP contribution in [0.15, 0.2) is 0 Å². The topological polar surface area (TPSA) is 58.6 Å². The van der Waals surface area contributed by atoms with E-state index in [2.05, 4.69) is 5.32 Å². The maximum Gasteiger partial charge on any atom is 0.416 e. The van der Waals surface area contributed by atoms with Crippen molar-refractivity contribution in [2.75, 3.05) is 13.6 Å². The van der Waals surface area contributed by atoms with Crippen molar-refractivity contribution in [3.05, 3.63) is 0 Å². The zero-order valence-electron chi connectivity index (χ0n) is 10.4. The molecule has 1 unspecified atom stereocenters. The van der Waals surface area contributed by atoms with E-state index in [0.29, 0.717) is 0 Å². The average molecular weight is 228 g/mol. The Hall–Kier alpha value is -1.10. The van der Waals surface area contributed by atoms with Crippen molar-refractivity contribution in [1.29, 1.82) is 0 Å². The maximum absolute atomic E-state index is 11.8. The molecule has 1 atom stereocenters. The van der Waals surface area contributed by atoms with Gasteiger partial charge < -0.3 is 10.1 Å². The van der Waals surface area contributed by atoms with Crippen molar-refractivity contribution in [3.8, 4) is 0 Å². The van der Waals surface area contributed by atoms with E-state index in [1.54, 1.807) is 20.8 Å². The van der Waals surface area contributed by atoms with Gasteiger partial charge in [0.2, 0.25) is 5.91 Å². The molecule has 5 nitrogen and oxygen atoms in total. The SMILES string of the molecule is CN(C(=O)OC(C)(C)C)C(=O)C1CCCN1. The second-order valence-electron chi connectivity index (χ2n) is 5.03. The van der Waals surface area contributed by atoms with Gasteiger partial charge in [0.05, 0.1) is 6.04 Å². The Labute approximate surface area is 96.1 Å². The van der Waals surface area contributed by atoms with Gasteiger partial charge in [-0.15, -0.1) is 0 Å². The number of ether oxygens (including phenoxy) is 1. The average Bonchev–Trinajstić information content (AvgIpc) is 2.65. The van der Waals surface area contributed by atoms with E-state index < -0.39 is 11.7 Å². The molecule has 1 fully saturated rings. The second-order valence-corrected chi connectivity index (χ2v) is 5.03. The number of carbonyl (C=O) groups excluding carboxylic acids is 2. The summed E-state index contributed by atoms with van der Waals surface area (Å²) < 4.78 is 5.12. The van der Waals surface area contributed by atoms with Gasteiger partial charge in [-0.2, -0.15) is 0 Å². The molecule has 1 N–H and O–H groups in total. The number of carbonyl (C=O) groups is 2. The van der Waals surface area contributed by atoms with E-state index >= 15 is 0 Å². The molecule has 0 spiro atoms. The third-order valence-electron chi connectivity index (χ3n) is 2.36. The molecule has 0 aromatic rings. The van der Waals surface area contributed by atoms with E-state index in [1.165, 1.54) is 7.05 Å². The normalized spacial score (nSPS) is 20.6. The molecule has 1 heterocycles. The van der Waals surface area contributed by atoms with Crippen LogP contribution in [0.5, 0.6) is 0 Å². The first-order chi connectivity index (χ1) is 7.31. The molecule has 2 amide bonds. The minimum atomic E-state index is -0.591. The van der Waals surface area contributed by atoms with Gasteiger partial charge in [0.25, 0.3) is 0 Å². The summed E-state index contributed by atoms with van der Waals surface area (Å²) in [7, 11) is 1.45. The fraction of sp³-hybridized carbons (Fsp3) is 0.818. The zero-order chi connectivity index (χ0) is 12.3. The molecule has 0 radical (unpaired) electrons. The second kappa shape index (κ2) is 4.82. The Kier molecular flexibility index (Phi) is 3.91. The van der Waals surface area contributed by atoms with Crippen LogP contribution in [0.1, 0.15) is 33.6 Å². The van der Waals surface area contributed by atoms with Crippen LogP contribution in [0.25, 0.3) is 0 Å². The van der Waals surface area contributed by atoms with E-state index in [1.807, 2.05) is 0 Å². The van der Waals surface area contributed by atoms with Crippen LogP contribution in [0, 0.1) is 0 Å². The molecule has 16 heavy (non-hydrogen) atoms. The first-order valence-corrected chi connectivity index (χ1v) is 5.55. The van der Waals surface area contributed by atoms with Crippen molar-refractivity contribution >= 4 is 12.0 Å². The summed E-state index contributed by atoms with van der Waals surface area (Å²) in [6.07, 6.45) is 1.16. The minimum Gasteiger partial charge on any atom is -0.443 e. The summed E-state index contributed by atoms with van der Waals surface area (Å²) in [5.74, 6) is -0.216. The van der Waals surface area contributed by atoms with Crippen LogP contribution in [0.4, 0.5) is 4.79 Å². The molecule has 0 bridgehead atoms. The van der Waals surface area contributed by atoms with Crippen LogP contribution in [0.2, 0.25) is 0 Å². The maximum atomic E-state index is 11.8. The van der Waals surface area contributed by atoms with Crippen molar-refractivity contribution in [2.24, 2.45) is 0 Å². The van der Waals surface area contributed by atoms with Crippen LogP contribution >= 0.6 is 0 Å². The van der Waals surface area contributed by atoms with Crippen LogP contribution < -0.4 is 5.32 Å². The van der Waals surface area contributed by atoms with Gasteiger partial charge in [-0.05, 0) is 40.2 Å². The lowest BCUT2D eigenvalue weighted by Crippen LogP contribution is -2.46. The van der Waals surface area contributed by atoms with Gasteiger partial charge in [0, 0.05) is 7.05 Å². The molecular formula is C11H20N2O3. The minimum absolute atomic E-state index is 0.216. The largest absolute Gasteiger partial charge is 0.443 e. The highest BCUT2D eigenvalue weighted by atomic mass is 16.6. The van der Waals surface area contributed by atoms with E-state index in [0.717, 1.165) is 24.3 Å². The first-order valence-electron chi connectivity index (χ1n) is 5.55. The van der Waals surface area contributed by atoms with Crippen LogP contribution in [-0.2, 0) is 9.53 Å². The number of imide groups is 1. The molecule has 0 aromatic carbocycles. The number of amides is 2. The number of likely N-dealkylation sites (N-methyl/N-ethyl adjacent to an activating group) is 1. The monoisotopic (exact) mass is 228 g/mol. The molecule has 0 saturated carbocycles. The highest BCUT2D eigenvalue weighted by Gasteiger charge is 2.30. The third kappa shape index (κ3) is 3.48. The molecule has 1 aliphatic rings. The summed E-state index contributed by atoms with van der Waals surface area (Å²) in [6.45, 7) is 6.16. The van der Waals surface area contributed by atoms with Crippen molar-refractivity contribution < 1.29 is 14.3 Å². The predicted octanol–water partition coefficient (Wildman–Crippen LogP) is 1.13. The quantitative estimate of drug-likeness (QED) is 0.731. The first kappa shape index (κ1) is 13.0. The van der Waals surface area contributed by atoms with Gasteiger partial charge in [0.15, 0.2) is 0 Å². The van der Waals surface area contributed by atoms with E-state index in [-0.39, 0.29) is 11.9 Å². The van der Waals surface area contributed by atoms with E-state index in [4.69, 9.17) is 4.74 Å². The van der Waals surface area contributed by atoms with Gasteiger partial charge in [-0.3, -0.25) is 4.79 Å². The lowest BCUT2D eigenvalue weighted by molar-refractivity contribution is -0.130. The summed E-state index contributed by atoms with van der Waals surface area (Å²) >= 11 is 0. The summed E-state index contributed by atoms with van der Waals surface area (Å²) in [4.78, 5) is 24.5. The Morgan fingerprint density at radius 1 is 1.38 bits per heavy atom. The lowest BCUT2D eigenvalue weighted by Gasteiger charge is -2.25. The van der Waals surface area contributed by atoms with Gasteiger partial charge in [-0.1, -0.05) is 0 Å².